The minimum absolute atomic E-state index is 0.0733. The minimum Gasteiger partial charge on any atom is -0.437 e. The summed E-state index contributed by atoms with van der Waals surface area (Å²) in [6.07, 6.45) is -10.1. The molecule has 1 aromatic carbocycles. The van der Waals surface area contributed by atoms with Crippen LogP contribution >= 0.6 is 12.2 Å². The molecule has 2 rings (SSSR count). The van der Waals surface area contributed by atoms with Gasteiger partial charge in [0.25, 0.3) is 5.88 Å². The summed E-state index contributed by atoms with van der Waals surface area (Å²) in [6, 6.07) is 5.55. The van der Waals surface area contributed by atoms with Crippen molar-refractivity contribution < 1.29 is 31.1 Å². The maximum absolute atomic E-state index is 13.0. The van der Waals surface area contributed by atoms with Gasteiger partial charge in [-0.1, -0.05) is 0 Å². The maximum Gasteiger partial charge on any atom is 0.438 e. The van der Waals surface area contributed by atoms with Crippen molar-refractivity contribution in [1.29, 1.82) is 0 Å². The fourth-order valence-corrected chi connectivity index (χ4v) is 1.85. The van der Waals surface area contributed by atoms with Gasteiger partial charge in [0.2, 0.25) is 5.69 Å². The van der Waals surface area contributed by atoms with Gasteiger partial charge in [0.15, 0.2) is 10.8 Å². The quantitative estimate of drug-likeness (QED) is 0.591. The van der Waals surface area contributed by atoms with Crippen LogP contribution < -0.4 is 10.1 Å². The van der Waals surface area contributed by atoms with Crippen molar-refractivity contribution >= 4 is 23.0 Å². The van der Waals surface area contributed by atoms with Crippen LogP contribution in [0.25, 0.3) is 0 Å². The highest BCUT2D eigenvalue weighted by Gasteiger charge is 2.42. The first-order valence-corrected chi connectivity index (χ1v) is 7.56. The van der Waals surface area contributed by atoms with Gasteiger partial charge in [0, 0.05) is 19.8 Å². The molecule has 146 valence electrons. The molecular formula is C15H12F6N4OS. The van der Waals surface area contributed by atoms with E-state index in [1.165, 1.54) is 24.3 Å². The molecule has 1 aromatic heterocycles. The number of thiocarbonyl (C=S) groups is 1. The monoisotopic (exact) mass is 410 g/mol. The second-order valence-corrected chi connectivity index (χ2v) is 5.74. The van der Waals surface area contributed by atoms with Crippen LogP contribution in [0, 0.1) is 0 Å². The predicted octanol–water partition coefficient (Wildman–Crippen LogP) is 4.56. The normalized spacial score (nSPS) is 11.9. The number of ether oxygens (including phenoxy) is 1. The summed E-state index contributed by atoms with van der Waals surface area (Å²) in [6.45, 7) is 0. The Morgan fingerprint density at radius 3 is 2.11 bits per heavy atom. The zero-order chi connectivity index (χ0) is 20.4. The van der Waals surface area contributed by atoms with Crippen molar-refractivity contribution in [3.05, 3.63) is 41.9 Å². The van der Waals surface area contributed by atoms with E-state index in [-0.39, 0.29) is 11.9 Å². The third-order valence-electron chi connectivity index (χ3n) is 3.02. The Morgan fingerprint density at radius 1 is 1.04 bits per heavy atom. The lowest BCUT2D eigenvalue weighted by Crippen LogP contribution is -2.26. The molecule has 0 aliphatic heterocycles. The molecule has 0 aliphatic rings. The summed E-state index contributed by atoms with van der Waals surface area (Å²) in [5.41, 5.74) is -3.09. The first kappa shape index (κ1) is 20.7. The molecule has 5 nitrogen and oxygen atoms in total. The van der Waals surface area contributed by atoms with Crippen LogP contribution in [0.15, 0.2) is 30.5 Å². The summed E-state index contributed by atoms with van der Waals surface area (Å²) in [7, 11) is 3.43. The molecular weight excluding hydrogens is 398 g/mol. The van der Waals surface area contributed by atoms with Gasteiger partial charge in [0.05, 0.1) is 6.20 Å². The van der Waals surface area contributed by atoms with Gasteiger partial charge in [-0.3, -0.25) is 0 Å². The molecule has 0 atom stereocenters. The molecule has 0 saturated heterocycles. The van der Waals surface area contributed by atoms with Gasteiger partial charge in [-0.15, -0.1) is 0 Å². The number of benzene rings is 1. The van der Waals surface area contributed by atoms with E-state index in [4.69, 9.17) is 17.0 Å². The number of halogens is 6. The van der Waals surface area contributed by atoms with Gasteiger partial charge >= 0.3 is 12.4 Å². The SMILES string of the molecule is CN(C)C(=S)Nc1ccc(Oc2ncc(C(F)(F)F)nc2C(F)(F)F)cc1. The molecule has 1 heterocycles. The van der Waals surface area contributed by atoms with Crippen LogP contribution in [0.3, 0.4) is 0 Å². The van der Waals surface area contributed by atoms with Crippen LogP contribution in [0.4, 0.5) is 32.0 Å². The van der Waals surface area contributed by atoms with E-state index in [1.807, 2.05) is 0 Å². The van der Waals surface area contributed by atoms with Crippen LogP contribution in [-0.2, 0) is 12.4 Å². The lowest BCUT2D eigenvalue weighted by atomic mass is 10.3. The summed E-state index contributed by atoms with van der Waals surface area (Å²) in [5.74, 6) is -1.16. The van der Waals surface area contributed by atoms with Gasteiger partial charge < -0.3 is 15.0 Å². The number of alkyl halides is 6. The predicted molar refractivity (Wildman–Crippen MR) is 88.5 cm³/mol. The second-order valence-electron chi connectivity index (χ2n) is 5.36. The molecule has 0 fully saturated rings. The zero-order valence-electron chi connectivity index (χ0n) is 13.8. The van der Waals surface area contributed by atoms with E-state index in [9.17, 15) is 26.3 Å². The molecule has 0 aliphatic carbocycles. The Labute approximate surface area is 155 Å². The second kappa shape index (κ2) is 7.55. The van der Waals surface area contributed by atoms with E-state index in [1.54, 1.807) is 19.0 Å². The van der Waals surface area contributed by atoms with E-state index >= 15 is 0 Å². The molecule has 0 bridgehead atoms. The average molecular weight is 410 g/mol. The maximum atomic E-state index is 13.0. The summed E-state index contributed by atoms with van der Waals surface area (Å²) in [4.78, 5) is 7.38. The lowest BCUT2D eigenvalue weighted by Gasteiger charge is -2.16. The minimum atomic E-state index is -5.18. The third kappa shape index (κ3) is 5.42. The first-order valence-electron chi connectivity index (χ1n) is 7.15. The van der Waals surface area contributed by atoms with Crippen molar-refractivity contribution in [3.8, 4) is 11.6 Å². The number of nitrogens with zero attached hydrogens (tertiary/aromatic N) is 3. The number of aromatic nitrogens is 2. The highest BCUT2D eigenvalue weighted by atomic mass is 32.1. The molecule has 0 amide bonds. The van der Waals surface area contributed by atoms with Gasteiger partial charge in [0.1, 0.15) is 5.75 Å². The number of hydrogen-bond acceptors (Lipinski definition) is 4. The first-order chi connectivity index (χ1) is 12.4. The fraction of sp³-hybridized carbons (Fsp3) is 0.267. The Balaban J connectivity index is 2.27. The van der Waals surface area contributed by atoms with Gasteiger partial charge in [-0.05, 0) is 36.5 Å². The van der Waals surface area contributed by atoms with Crippen molar-refractivity contribution in [3.63, 3.8) is 0 Å². The Bertz CT molecular complexity index is 821. The van der Waals surface area contributed by atoms with Crippen LogP contribution in [-0.4, -0.2) is 34.1 Å². The molecule has 0 spiro atoms. The molecule has 0 unspecified atom stereocenters. The summed E-state index contributed by atoms with van der Waals surface area (Å²) < 4.78 is 81.8. The van der Waals surface area contributed by atoms with E-state index in [2.05, 4.69) is 15.3 Å². The van der Waals surface area contributed by atoms with E-state index < -0.39 is 29.6 Å². The molecule has 27 heavy (non-hydrogen) atoms. The molecule has 0 radical (unpaired) electrons. The van der Waals surface area contributed by atoms with Crippen molar-refractivity contribution in [2.75, 3.05) is 19.4 Å². The van der Waals surface area contributed by atoms with Crippen LogP contribution in [0.5, 0.6) is 11.6 Å². The number of nitrogens with one attached hydrogen (secondary N) is 1. The average Bonchev–Trinajstić information content (AvgIpc) is 2.54. The number of anilines is 1. The van der Waals surface area contributed by atoms with Crippen molar-refractivity contribution in [2.24, 2.45) is 0 Å². The Kier molecular flexibility index (Phi) is 5.78. The molecule has 1 N–H and O–H groups in total. The van der Waals surface area contributed by atoms with E-state index in [0.29, 0.717) is 10.8 Å². The van der Waals surface area contributed by atoms with E-state index in [0.717, 1.165) is 0 Å². The highest BCUT2D eigenvalue weighted by molar-refractivity contribution is 7.80. The smallest absolute Gasteiger partial charge is 0.437 e. The van der Waals surface area contributed by atoms with Crippen LogP contribution in [0.2, 0.25) is 0 Å². The topological polar surface area (TPSA) is 50.3 Å². The van der Waals surface area contributed by atoms with Crippen molar-refractivity contribution in [2.45, 2.75) is 12.4 Å². The third-order valence-corrected chi connectivity index (χ3v) is 3.49. The zero-order valence-corrected chi connectivity index (χ0v) is 14.6. The van der Waals surface area contributed by atoms with Gasteiger partial charge in [-0.2, -0.15) is 26.3 Å². The summed E-state index contributed by atoms with van der Waals surface area (Å²) >= 11 is 5.05. The largest absolute Gasteiger partial charge is 0.438 e. The molecule has 0 saturated carbocycles. The number of rotatable bonds is 3. The Hall–Kier alpha value is -2.63. The lowest BCUT2D eigenvalue weighted by molar-refractivity contribution is -0.151. The van der Waals surface area contributed by atoms with Gasteiger partial charge in [-0.25, -0.2) is 9.97 Å². The fourth-order valence-electron chi connectivity index (χ4n) is 1.73. The van der Waals surface area contributed by atoms with Crippen LogP contribution in [0.1, 0.15) is 11.4 Å². The Morgan fingerprint density at radius 2 is 1.63 bits per heavy atom. The van der Waals surface area contributed by atoms with Crippen molar-refractivity contribution in [1.82, 2.24) is 14.9 Å². The number of hydrogen-bond donors (Lipinski definition) is 1. The molecule has 12 heteroatoms. The molecule has 2 aromatic rings. The summed E-state index contributed by atoms with van der Waals surface area (Å²) in [5, 5.41) is 3.26. The highest BCUT2D eigenvalue weighted by Crippen LogP contribution is 2.38. The standard InChI is InChI=1S/C15H12F6N4OS/c1-25(2)13(27)23-8-3-5-9(6-4-8)26-12-11(15(19,20)21)24-10(7-22-12)14(16,17)18/h3-7H,1-2H3,(H,23,27).